The molecule has 7 heteroatoms. The quantitative estimate of drug-likeness (QED) is 0.822. The minimum absolute atomic E-state index is 0. The molecule has 0 aliphatic carbocycles. The van der Waals surface area contributed by atoms with Crippen LogP contribution in [0.1, 0.15) is 45.4 Å². The van der Waals surface area contributed by atoms with Crippen LogP contribution in [0.5, 0.6) is 0 Å². The van der Waals surface area contributed by atoms with Crippen molar-refractivity contribution in [1.29, 1.82) is 0 Å². The molecule has 1 aliphatic heterocycles. The fraction of sp³-hybridized carbons (Fsp3) is 0.600. The lowest BCUT2D eigenvalue weighted by Gasteiger charge is -2.27. The number of ether oxygens (including phenoxy) is 1. The largest absolute Gasteiger partial charge is 0.465 e. The molecule has 1 fully saturated rings. The molecular formula is C15H24ClN3O3. The molecular weight excluding hydrogens is 306 g/mol. The molecule has 0 aromatic carbocycles. The number of carbonyl (C=O) groups is 2. The first-order valence-corrected chi connectivity index (χ1v) is 7.39. The average Bonchev–Trinajstić information content (AvgIpc) is 2.83. The van der Waals surface area contributed by atoms with Gasteiger partial charge in [-0.1, -0.05) is 13.3 Å². The van der Waals surface area contributed by atoms with Crippen LogP contribution in [0.15, 0.2) is 0 Å². The summed E-state index contributed by atoms with van der Waals surface area (Å²) in [4.78, 5) is 29.6. The number of piperazine rings is 1. The minimum Gasteiger partial charge on any atom is -0.465 e. The van der Waals surface area contributed by atoms with Crippen LogP contribution in [0.25, 0.3) is 0 Å². The standard InChI is InChI=1S/C15H23N3O3.ClH/c1-4-5-11-12(15(20)21-3)10(2)17-13(11)14(19)18-8-6-16-7-9-18;/h16-17H,4-9H2,1-3H3;1H. The summed E-state index contributed by atoms with van der Waals surface area (Å²) in [7, 11) is 1.36. The van der Waals surface area contributed by atoms with Crippen molar-refractivity contribution in [3.63, 3.8) is 0 Å². The van der Waals surface area contributed by atoms with Gasteiger partial charge in [0.15, 0.2) is 0 Å². The van der Waals surface area contributed by atoms with Gasteiger partial charge >= 0.3 is 5.97 Å². The number of aromatic amines is 1. The summed E-state index contributed by atoms with van der Waals surface area (Å²) in [5, 5.41) is 3.23. The number of amides is 1. The van der Waals surface area contributed by atoms with E-state index in [4.69, 9.17) is 4.74 Å². The second-order valence-corrected chi connectivity index (χ2v) is 5.26. The minimum atomic E-state index is -0.383. The van der Waals surface area contributed by atoms with Gasteiger partial charge in [0.25, 0.3) is 5.91 Å². The Morgan fingerprint density at radius 3 is 2.45 bits per heavy atom. The summed E-state index contributed by atoms with van der Waals surface area (Å²) in [5.41, 5.74) is 2.53. The van der Waals surface area contributed by atoms with Crippen molar-refractivity contribution >= 4 is 24.3 Å². The fourth-order valence-corrected chi connectivity index (χ4v) is 2.76. The number of aromatic nitrogens is 1. The summed E-state index contributed by atoms with van der Waals surface area (Å²) in [5.74, 6) is -0.412. The van der Waals surface area contributed by atoms with Gasteiger partial charge < -0.3 is 19.9 Å². The van der Waals surface area contributed by atoms with Gasteiger partial charge in [0.1, 0.15) is 5.69 Å². The van der Waals surface area contributed by atoms with Gasteiger partial charge in [0.05, 0.1) is 12.7 Å². The van der Waals surface area contributed by atoms with Crippen LogP contribution in [0.3, 0.4) is 0 Å². The number of carbonyl (C=O) groups excluding carboxylic acids is 2. The normalized spacial score (nSPS) is 14.4. The van der Waals surface area contributed by atoms with Gasteiger partial charge in [0.2, 0.25) is 0 Å². The molecule has 2 heterocycles. The van der Waals surface area contributed by atoms with Gasteiger partial charge in [0, 0.05) is 31.9 Å². The molecule has 1 aromatic heterocycles. The van der Waals surface area contributed by atoms with Crippen molar-refractivity contribution < 1.29 is 14.3 Å². The van der Waals surface area contributed by atoms with E-state index in [1.165, 1.54) is 7.11 Å². The number of halogens is 1. The average molecular weight is 330 g/mol. The van der Waals surface area contributed by atoms with E-state index in [2.05, 4.69) is 10.3 Å². The van der Waals surface area contributed by atoms with Crippen LogP contribution in [0.2, 0.25) is 0 Å². The van der Waals surface area contributed by atoms with E-state index in [0.717, 1.165) is 25.1 Å². The molecule has 1 saturated heterocycles. The van der Waals surface area contributed by atoms with Gasteiger partial charge in [-0.25, -0.2) is 4.79 Å². The molecule has 0 saturated carbocycles. The Balaban J connectivity index is 0.00000242. The van der Waals surface area contributed by atoms with Crippen molar-refractivity contribution in [2.75, 3.05) is 33.3 Å². The fourth-order valence-electron chi connectivity index (χ4n) is 2.76. The Labute approximate surface area is 137 Å². The number of methoxy groups -OCH3 is 1. The molecule has 0 atom stereocenters. The van der Waals surface area contributed by atoms with E-state index in [1.807, 2.05) is 11.8 Å². The van der Waals surface area contributed by atoms with Gasteiger partial charge in [-0.15, -0.1) is 12.4 Å². The summed E-state index contributed by atoms with van der Waals surface area (Å²) >= 11 is 0. The third kappa shape index (κ3) is 3.62. The van der Waals surface area contributed by atoms with Crippen LogP contribution in [-0.4, -0.2) is 55.0 Å². The number of nitrogens with zero attached hydrogens (tertiary/aromatic N) is 1. The molecule has 0 radical (unpaired) electrons. The maximum atomic E-state index is 12.7. The molecule has 2 N–H and O–H groups in total. The lowest BCUT2D eigenvalue weighted by molar-refractivity contribution is 0.0599. The van der Waals surface area contributed by atoms with Gasteiger partial charge in [-0.05, 0) is 18.9 Å². The lowest BCUT2D eigenvalue weighted by Crippen LogP contribution is -2.46. The van der Waals surface area contributed by atoms with Crippen LogP contribution in [0.4, 0.5) is 0 Å². The number of H-pyrrole nitrogens is 1. The van der Waals surface area contributed by atoms with E-state index in [1.54, 1.807) is 6.92 Å². The molecule has 1 aliphatic rings. The molecule has 22 heavy (non-hydrogen) atoms. The van der Waals surface area contributed by atoms with Gasteiger partial charge in [-0.2, -0.15) is 0 Å². The second-order valence-electron chi connectivity index (χ2n) is 5.26. The Kier molecular flexibility index (Phi) is 6.90. The van der Waals surface area contributed by atoms with E-state index in [-0.39, 0.29) is 24.3 Å². The van der Waals surface area contributed by atoms with Crippen molar-refractivity contribution in [2.45, 2.75) is 26.7 Å². The molecule has 0 unspecified atom stereocenters. The molecule has 1 aromatic rings. The number of nitrogens with one attached hydrogen (secondary N) is 2. The van der Waals surface area contributed by atoms with E-state index in [9.17, 15) is 9.59 Å². The number of hydrogen-bond acceptors (Lipinski definition) is 4. The highest BCUT2D eigenvalue weighted by atomic mass is 35.5. The summed E-state index contributed by atoms with van der Waals surface area (Å²) in [6.45, 7) is 6.82. The van der Waals surface area contributed by atoms with Crippen LogP contribution in [0, 0.1) is 6.92 Å². The SMILES string of the molecule is CCCc1c(C(=O)N2CCNCC2)[nH]c(C)c1C(=O)OC.Cl. The lowest BCUT2D eigenvalue weighted by atomic mass is 10.0. The topological polar surface area (TPSA) is 74.4 Å². The highest BCUT2D eigenvalue weighted by molar-refractivity contribution is 6.00. The maximum Gasteiger partial charge on any atom is 0.339 e. The molecule has 0 spiro atoms. The number of rotatable bonds is 4. The Hall–Kier alpha value is -1.53. The molecule has 0 bridgehead atoms. The smallest absolute Gasteiger partial charge is 0.339 e. The summed E-state index contributed by atoms with van der Waals surface area (Å²) in [6.07, 6.45) is 1.55. The van der Waals surface area contributed by atoms with Crippen LogP contribution < -0.4 is 5.32 Å². The van der Waals surface area contributed by atoms with E-state index in [0.29, 0.717) is 36.5 Å². The monoisotopic (exact) mass is 329 g/mol. The Morgan fingerprint density at radius 1 is 1.27 bits per heavy atom. The first-order chi connectivity index (χ1) is 10.1. The highest BCUT2D eigenvalue weighted by Gasteiger charge is 2.27. The summed E-state index contributed by atoms with van der Waals surface area (Å²) in [6, 6.07) is 0. The predicted octanol–water partition coefficient (Wildman–Crippen LogP) is 1.53. The molecule has 6 nitrogen and oxygen atoms in total. The van der Waals surface area contributed by atoms with E-state index >= 15 is 0 Å². The Morgan fingerprint density at radius 2 is 1.91 bits per heavy atom. The van der Waals surface area contributed by atoms with Crippen molar-refractivity contribution in [3.8, 4) is 0 Å². The zero-order valence-corrected chi connectivity index (χ0v) is 14.1. The van der Waals surface area contributed by atoms with Crippen LogP contribution >= 0.6 is 12.4 Å². The van der Waals surface area contributed by atoms with Gasteiger partial charge in [-0.3, -0.25) is 4.79 Å². The van der Waals surface area contributed by atoms with Crippen molar-refractivity contribution in [3.05, 3.63) is 22.5 Å². The first kappa shape index (κ1) is 18.5. The van der Waals surface area contributed by atoms with E-state index < -0.39 is 0 Å². The van der Waals surface area contributed by atoms with Crippen molar-refractivity contribution in [1.82, 2.24) is 15.2 Å². The zero-order valence-electron chi connectivity index (χ0n) is 13.3. The third-order valence-electron chi connectivity index (χ3n) is 3.80. The molecule has 1 amide bonds. The zero-order chi connectivity index (χ0) is 15.4. The summed E-state index contributed by atoms with van der Waals surface area (Å²) < 4.78 is 4.85. The third-order valence-corrected chi connectivity index (χ3v) is 3.80. The first-order valence-electron chi connectivity index (χ1n) is 7.39. The van der Waals surface area contributed by atoms with Crippen LogP contribution in [-0.2, 0) is 11.2 Å². The maximum absolute atomic E-state index is 12.7. The van der Waals surface area contributed by atoms with Crippen molar-refractivity contribution in [2.24, 2.45) is 0 Å². The number of aryl methyl sites for hydroxylation is 1. The number of esters is 1. The molecule has 124 valence electrons. The predicted molar refractivity (Wildman–Crippen MR) is 86.9 cm³/mol. The highest BCUT2D eigenvalue weighted by Crippen LogP contribution is 2.23. The Bertz CT molecular complexity index is 536. The second kappa shape index (κ2) is 8.19. The molecule has 2 rings (SSSR count). The number of hydrogen-bond donors (Lipinski definition) is 2.